The summed E-state index contributed by atoms with van der Waals surface area (Å²) in [5, 5.41) is 0. The van der Waals surface area contributed by atoms with E-state index in [0.29, 0.717) is 315 Å². The maximum atomic E-state index is 13.4. The van der Waals surface area contributed by atoms with Gasteiger partial charge < -0.3 is 133 Å². The SMILES string of the molecule is CCc1c(C)c2cc3[nH]c(cc4nc(cc5nc(cc1[nH]2)C(C)=C5CCC(=O)OCCOCCOCCOCCOCCOCCOCCOCCOCCOCCOCCOCCOC)C(CCC(=O)OCCOCCOCCOCCOCCOCCOCCOCCOCCOCCOCCOCCOC)=C4C)c(C)c3CC. The minimum Gasteiger partial charge on any atom is -0.463 e. The summed E-state index contributed by atoms with van der Waals surface area (Å²) in [6.07, 6.45) is 2.63. The summed E-state index contributed by atoms with van der Waals surface area (Å²) >= 11 is 0. The molecule has 3 aromatic rings. The summed E-state index contributed by atoms with van der Waals surface area (Å²) in [5.41, 5.74) is 15.4. The lowest BCUT2D eigenvalue weighted by Gasteiger charge is -2.09. The van der Waals surface area contributed by atoms with Gasteiger partial charge in [0.05, 0.1) is 327 Å². The highest BCUT2D eigenvalue weighted by Gasteiger charge is 2.24. The summed E-state index contributed by atoms with van der Waals surface area (Å²) in [5.74, 6) is -0.710. The van der Waals surface area contributed by atoms with Crippen molar-refractivity contribution in [3.8, 4) is 0 Å². The lowest BCUT2D eigenvalue weighted by Crippen LogP contribution is -2.15. The first-order chi connectivity index (χ1) is 57.1. The number of carbonyl (C=O) groups excluding carboxylic acids is 2. The number of aryl methyl sites for hydroxylation is 4. The van der Waals surface area contributed by atoms with E-state index in [2.05, 4.69) is 55.9 Å². The fourth-order valence-electron chi connectivity index (χ4n) is 11.7. The quantitative estimate of drug-likeness (QED) is 0.0397. The second-order valence-electron chi connectivity index (χ2n) is 26.3. The van der Waals surface area contributed by atoms with Crippen LogP contribution in [0.3, 0.4) is 0 Å². The maximum absolute atomic E-state index is 13.4. The number of rotatable bonds is 80. The van der Waals surface area contributed by atoms with Crippen LogP contribution >= 0.6 is 0 Å². The van der Waals surface area contributed by atoms with Gasteiger partial charge in [-0.3, -0.25) is 9.59 Å². The van der Waals surface area contributed by atoms with E-state index in [4.69, 9.17) is 133 Å². The highest BCUT2D eigenvalue weighted by molar-refractivity contribution is 5.96. The smallest absolute Gasteiger partial charge is 0.306 e. The molecular weight excluding hydrogens is 1510 g/mol. The fourth-order valence-corrected chi connectivity index (χ4v) is 11.7. The molecule has 2 aliphatic heterocycles. The number of hydrogen-bond donors (Lipinski definition) is 2. The van der Waals surface area contributed by atoms with E-state index in [9.17, 15) is 9.59 Å². The molecule has 2 aliphatic rings. The molecule has 32 heteroatoms. The van der Waals surface area contributed by atoms with Gasteiger partial charge in [-0.2, -0.15) is 0 Å². The Morgan fingerprint density at radius 3 is 0.681 bits per heavy atom. The Kier molecular flexibility index (Phi) is 60.4. The van der Waals surface area contributed by atoms with Crippen LogP contribution in [0.2, 0.25) is 0 Å². The number of aromatic amines is 2. The number of aromatic nitrogens is 4. The molecule has 0 atom stereocenters. The molecule has 0 unspecified atom stereocenters. The first-order valence-electron chi connectivity index (χ1n) is 41.2. The minimum atomic E-state index is -0.355. The molecule has 0 saturated heterocycles. The number of esters is 2. The summed E-state index contributed by atoms with van der Waals surface area (Å²) in [6.45, 7) is 34.1. The van der Waals surface area contributed by atoms with Gasteiger partial charge in [0.1, 0.15) is 13.2 Å². The average molecular weight is 1650 g/mol. The number of methoxy groups -OCH3 is 2. The molecule has 5 heterocycles. The van der Waals surface area contributed by atoms with Crippen LogP contribution < -0.4 is 0 Å². The lowest BCUT2D eigenvalue weighted by atomic mass is 9.98. The molecule has 8 bridgehead atoms. The third-order valence-corrected chi connectivity index (χ3v) is 18.0. The third-order valence-electron chi connectivity index (χ3n) is 18.0. The van der Waals surface area contributed by atoms with Crippen LogP contribution in [0.25, 0.3) is 44.4 Å². The zero-order chi connectivity index (χ0) is 82.6. The van der Waals surface area contributed by atoms with Gasteiger partial charge in [0, 0.05) is 49.1 Å². The Morgan fingerprint density at radius 2 is 0.457 bits per heavy atom. The number of carbonyl (C=O) groups is 2. The summed E-state index contributed by atoms with van der Waals surface area (Å²) in [7, 11) is 3.28. The zero-order valence-electron chi connectivity index (χ0n) is 70.8. The van der Waals surface area contributed by atoms with E-state index in [1.54, 1.807) is 14.2 Å². The summed E-state index contributed by atoms with van der Waals surface area (Å²) in [4.78, 5) is 44.8. The number of nitrogens with one attached hydrogen (secondary N) is 2. The number of nitrogens with zero attached hydrogens (tertiary/aromatic N) is 2. The van der Waals surface area contributed by atoms with E-state index in [1.165, 1.54) is 16.7 Å². The molecule has 0 aromatic carbocycles. The van der Waals surface area contributed by atoms with Crippen molar-refractivity contribution in [2.75, 3.05) is 331 Å². The molecule has 0 radical (unpaired) electrons. The Labute approximate surface area is 686 Å². The Hall–Kier alpha value is -5.42. The van der Waals surface area contributed by atoms with Crippen molar-refractivity contribution >= 4 is 56.3 Å². The molecule has 662 valence electrons. The van der Waals surface area contributed by atoms with Gasteiger partial charge in [0.15, 0.2) is 0 Å². The molecule has 0 spiro atoms. The zero-order valence-corrected chi connectivity index (χ0v) is 70.8. The van der Waals surface area contributed by atoms with Gasteiger partial charge in [-0.15, -0.1) is 0 Å². The van der Waals surface area contributed by atoms with Crippen LogP contribution in [-0.4, -0.2) is 363 Å². The molecule has 0 saturated carbocycles. The van der Waals surface area contributed by atoms with Crippen molar-refractivity contribution < 1.29 is 133 Å². The van der Waals surface area contributed by atoms with Crippen molar-refractivity contribution in [2.45, 2.75) is 80.1 Å². The van der Waals surface area contributed by atoms with Gasteiger partial charge in [-0.25, -0.2) is 9.97 Å². The van der Waals surface area contributed by atoms with Gasteiger partial charge in [-0.05, 0) is 122 Å². The lowest BCUT2D eigenvalue weighted by molar-refractivity contribution is -0.146. The highest BCUT2D eigenvalue weighted by Crippen LogP contribution is 2.38. The predicted octanol–water partition coefficient (Wildman–Crippen LogP) is 8.22. The summed E-state index contributed by atoms with van der Waals surface area (Å²) < 4.78 is 143. The fraction of sp³-hybridized carbons (Fsp3) is 0.738. The van der Waals surface area contributed by atoms with Gasteiger partial charge in [0.25, 0.3) is 0 Å². The monoisotopic (exact) mass is 1650 g/mol. The Bertz CT molecular complexity index is 3240. The maximum Gasteiger partial charge on any atom is 0.306 e. The molecule has 3 aromatic heterocycles. The van der Waals surface area contributed by atoms with Crippen molar-refractivity contribution in [1.29, 1.82) is 0 Å². The third kappa shape index (κ3) is 46.4. The van der Waals surface area contributed by atoms with Crippen LogP contribution in [0.5, 0.6) is 0 Å². The van der Waals surface area contributed by atoms with E-state index in [0.717, 1.165) is 74.2 Å². The highest BCUT2D eigenvalue weighted by atomic mass is 16.6. The average Bonchev–Trinajstić information content (AvgIpc) is 1.62. The number of allylic oxidation sites excluding steroid dienone is 4. The van der Waals surface area contributed by atoms with Crippen molar-refractivity contribution in [2.24, 2.45) is 0 Å². The standard InChI is InChI=1S/C84H138N4O28/c1-9-71-67(3)75-63-76-69(5)73(11-13-83(89)115-61-59-113-57-55-111-53-51-109-49-47-107-45-43-105-41-39-103-37-35-101-33-31-99-29-27-97-25-23-95-21-19-93-17-15-91-7)81(87-76)66-82-74(70(6)78(88-82)65-80-72(10-2)68(4)77(86-80)64-79(71)85-75)12-14-84(90)116-62-60-114-58-56-112-54-52-110-50-48-108-46-44-106-42-40-104-38-36-102-34-32-100-30-28-98-26-24-96-22-20-94-18-16-92-8/h63-66,85-86H,9-62H2,1-8H3. The van der Waals surface area contributed by atoms with Crippen LogP contribution in [0.4, 0.5) is 0 Å². The molecule has 2 N–H and O–H groups in total. The van der Waals surface area contributed by atoms with E-state index in [1.807, 2.05) is 19.9 Å². The van der Waals surface area contributed by atoms with Gasteiger partial charge in [-0.1, -0.05) is 13.8 Å². The van der Waals surface area contributed by atoms with Crippen LogP contribution in [0, 0.1) is 13.8 Å². The van der Waals surface area contributed by atoms with Crippen molar-refractivity contribution in [3.05, 3.63) is 69.3 Å². The number of ether oxygens (including phenoxy) is 26. The molecule has 0 amide bonds. The molecule has 0 aliphatic carbocycles. The molecule has 5 rings (SSSR count). The molecule has 116 heavy (non-hydrogen) atoms. The van der Waals surface area contributed by atoms with E-state index >= 15 is 0 Å². The minimum absolute atomic E-state index is 0.0975. The molecular formula is C84H138N4O28. The molecule has 0 fully saturated rings. The van der Waals surface area contributed by atoms with E-state index < -0.39 is 0 Å². The van der Waals surface area contributed by atoms with Gasteiger partial charge in [0.2, 0.25) is 0 Å². The normalized spacial score (nSPS) is 12.4. The van der Waals surface area contributed by atoms with Crippen molar-refractivity contribution in [3.63, 3.8) is 0 Å². The van der Waals surface area contributed by atoms with Gasteiger partial charge >= 0.3 is 11.9 Å². The molecule has 32 nitrogen and oxygen atoms in total. The first-order valence-corrected chi connectivity index (χ1v) is 41.2. The second kappa shape index (κ2) is 69.3. The van der Waals surface area contributed by atoms with Crippen LogP contribution in [0.1, 0.15) is 98.4 Å². The number of hydrogen-bond acceptors (Lipinski definition) is 30. The Morgan fingerprint density at radius 1 is 0.259 bits per heavy atom. The number of fused-ring (bicyclic) bond motifs is 8. The van der Waals surface area contributed by atoms with Crippen LogP contribution in [-0.2, 0) is 146 Å². The second-order valence-corrected chi connectivity index (χ2v) is 26.3. The summed E-state index contributed by atoms with van der Waals surface area (Å²) in [6, 6.07) is 8.39. The Balaban J connectivity index is 0.903. The first kappa shape index (κ1) is 101. The van der Waals surface area contributed by atoms with E-state index in [-0.39, 0.29) is 51.2 Å². The van der Waals surface area contributed by atoms with Crippen LogP contribution in [0.15, 0.2) is 24.3 Å². The van der Waals surface area contributed by atoms with Crippen molar-refractivity contribution in [1.82, 2.24) is 19.9 Å². The predicted molar refractivity (Wildman–Crippen MR) is 436 cm³/mol. The topological polar surface area (TPSA) is 331 Å². The number of H-pyrrole nitrogens is 2. The largest absolute Gasteiger partial charge is 0.463 e.